The van der Waals surface area contributed by atoms with Crippen molar-refractivity contribution in [1.29, 1.82) is 0 Å². The van der Waals surface area contributed by atoms with Crippen molar-refractivity contribution in [2.45, 2.75) is 63.8 Å². The second kappa shape index (κ2) is 6.66. The third-order valence-electron chi connectivity index (χ3n) is 5.01. The highest BCUT2D eigenvalue weighted by Gasteiger charge is 2.33. The van der Waals surface area contributed by atoms with Gasteiger partial charge in [0, 0.05) is 30.6 Å². The average molecular weight is 273 g/mol. The SMILES string of the molecule is CCCC1CCC(CNC2CC2)C(c2cnccn2)C1. The lowest BCUT2D eigenvalue weighted by Crippen LogP contribution is -2.33. The molecule has 0 spiro atoms. The van der Waals surface area contributed by atoms with Gasteiger partial charge in [0.05, 0.1) is 5.69 Å². The van der Waals surface area contributed by atoms with E-state index in [4.69, 9.17) is 0 Å². The van der Waals surface area contributed by atoms with Crippen LogP contribution in [-0.4, -0.2) is 22.6 Å². The van der Waals surface area contributed by atoms with Crippen LogP contribution in [-0.2, 0) is 0 Å². The van der Waals surface area contributed by atoms with Gasteiger partial charge in [0.15, 0.2) is 0 Å². The molecule has 0 saturated heterocycles. The van der Waals surface area contributed by atoms with E-state index in [1.54, 1.807) is 6.20 Å². The van der Waals surface area contributed by atoms with Crippen molar-refractivity contribution >= 4 is 0 Å². The van der Waals surface area contributed by atoms with Crippen LogP contribution in [0, 0.1) is 11.8 Å². The number of hydrogen-bond acceptors (Lipinski definition) is 3. The van der Waals surface area contributed by atoms with Gasteiger partial charge in [0.1, 0.15) is 0 Å². The minimum Gasteiger partial charge on any atom is -0.314 e. The molecule has 0 aliphatic heterocycles. The first-order valence-corrected chi connectivity index (χ1v) is 8.36. The summed E-state index contributed by atoms with van der Waals surface area (Å²) in [5.41, 5.74) is 1.22. The Kier molecular flexibility index (Phi) is 4.66. The first-order chi connectivity index (χ1) is 9.86. The van der Waals surface area contributed by atoms with Gasteiger partial charge in [-0.25, -0.2) is 0 Å². The summed E-state index contributed by atoms with van der Waals surface area (Å²) in [6.45, 7) is 3.48. The number of nitrogens with zero attached hydrogens (tertiary/aromatic N) is 2. The predicted octanol–water partition coefficient (Wildman–Crippen LogP) is 3.53. The second-order valence-corrected chi connectivity index (χ2v) is 6.65. The molecule has 3 unspecified atom stereocenters. The smallest absolute Gasteiger partial charge is 0.0620 e. The molecule has 3 heteroatoms. The zero-order valence-electron chi connectivity index (χ0n) is 12.6. The molecule has 0 amide bonds. The van der Waals surface area contributed by atoms with Crippen molar-refractivity contribution in [3.8, 4) is 0 Å². The molecule has 1 aromatic rings. The fourth-order valence-corrected chi connectivity index (χ4v) is 3.70. The van der Waals surface area contributed by atoms with Crippen molar-refractivity contribution in [1.82, 2.24) is 15.3 Å². The van der Waals surface area contributed by atoms with E-state index in [9.17, 15) is 0 Å². The van der Waals surface area contributed by atoms with Crippen LogP contribution in [0.15, 0.2) is 18.6 Å². The standard InChI is InChI=1S/C17H27N3/c1-2-3-13-4-5-14(11-20-15-6-7-15)16(10-13)17-12-18-8-9-19-17/h8-9,12-16,20H,2-7,10-11H2,1H3. The Balaban J connectivity index is 1.67. The Labute approximate surface area is 122 Å². The number of nitrogens with one attached hydrogen (secondary N) is 1. The summed E-state index contributed by atoms with van der Waals surface area (Å²) in [5, 5.41) is 3.72. The van der Waals surface area contributed by atoms with Crippen LogP contribution >= 0.6 is 0 Å². The second-order valence-electron chi connectivity index (χ2n) is 6.65. The van der Waals surface area contributed by atoms with Crippen LogP contribution < -0.4 is 5.32 Å². The minimum atomic E-state index is 0.611. The van der Waals surface area contributed by atoms with Crippen molar-refractivity contribution in [2.75, 3.05) is 6.54 Å². The zero-order valence-corrected chi connectivity index (χ0v) is 12.6. The molecule has 3 nitrogen and oxygen atoms in total. The van der Waals surface area contributed by atoms with Gasteiger partial charge in [-0.1, -0.05) is 26.2 Å². The summed E-state index contributed by atoms with van der Waals surface area (Å²) in [6.07, 6.45) is 15.1. The van der Waals surface area contributed by atoms with Crippen LogP contribution in [0.2, 0.25) is 0 Å². The van der Waals surface area contributed by atoms with Gasteiger partial charge >= 0.3 is 0 Å². The van der Waals surface area contributed by atoms with Crippen molar-refractivity contribution < 1.29 is 0 Å². The summed E-state index contributed by atoms with van der Waals surface area (Å²) >= 11 is 0. The molecule has 3 atom stereocenters. The van der Waals surface area contributed by atoms with Gasteiger partial charge in [0.2, 0.25) is 0 Å². The van der Waals surface area contributed by atoms with Crippen LogP contribution in [0.3, 0.4) is 0 Å². The first-order valence-electron chi connectivity index (χ1n) is 8.36. The largest absolute Gasteiger partial charge is 0.314 e. The normalized spacial score (nSPS) is 30.4. The molecule has 1 aromatic heterocycles. The molecule has 0 radical (unpaired) electrons. The van der Waals surface area contributed by atoms with Gasteiger partial charge in [-0.2, -0.15) is 0 Å². The maximum Gasteiger partial charge on any atom is 0.0620 e. The minimum absolute atomic E-state index is 0.611. The lowest BCUT2D eigenvalue weighted by atomic mass is 9.71. The highest BCUT2D eigenvalue weighted by atomic mass is 14.9. The first kappa shape index (κ1) is 14.0. The predicted molar refractivity (Wildman–Crippen MR) is 81.5 cm³/mol. The van der Waals surface area contributed by atoms with E-state index in [1.807, 2.05) is 12.4 Å². The van der Waals surface area contributed by atoms with Gasteiger partial charge < -0.3 is 5.32 Å². The van der Waals surface area contributed by atoms with E-state index < -0.39 is 0 Å². The molecule has 2 saturated carbocycles. The molecular weight excluding hydrogens is 246 g/mol. The Morgan fingerprint density at radius 3 is 2.80 bits per heavy atom. The van der Waals surface area contributed by atoms with Crippen molar-refractivity contribution in [3.05, 3.63) is 24.3 Å². The van der Waals surface area contributed by atoms with E-state index in [0.717, 1.165) is 17.9 Å². The van der Waals surface area contributed by atoms with E-state index >= 15 is 0 Å². The molecule has 1 N–H and O–H groups in total. The summed E-state index contributed by atoms with van der Waals surface area (Å²) < 4.78 is 0. The molecule has 3 rings (SSSR count). The van der Waals surface area contributed by atoms with Crippen LogP contribution in [0.1, 0.15) is 63.5 Å². The Hall–Kier alpha value is -0.960. The topological polar surface area (TPSA) is 37.8 Å². The van der Waals surface area contributed by atoms with E-state index in [0.29, 0.717) is 5.92 Å². The third-order valence-corrected chi connectivity index (χ3v) is 5.01. The highest BCUT2D eigenvalue weighted by molar-refractivity contribution is 5.08. The van der Waals surface area contributed by atoms with E-state index in [1.165, 1.54) is 57.2 Å². The van der Waals surface area contributed by atoms with Gasteiger partial charge in [-0.3, -0.25) is 9.97 Å². The number of rotatable bonds is 6. The van der Waals surface area contributed by atoms with Crippen molar-refractivity contribution in [2.24, 2.45) is 11.8 Å². The fraction of sp³-hybridized carbons (Fsp3) is 0.765. The maximum absolute atomic E-state index is 4.60. The van der Waals surface area contributed by atoms with Gasteiger partial charge in [0.25, 0.3) is 0 Å². The molecule has 0 aromatic carbocycles. The quantitative estimate of drug-likeness (QED) is 0.861. The molecule has 2 aliphatic rings. The van der Waals surface area contributed by atoms with Crippen LogP contribution in [0.5, 0.6) is 0 Å². The summed E-state index contributed by atoms with van der Waals surface area (Å²) in [5.74, 6) is 2.25. The highest BCUT2D eigenvalue weighted by Crippen LogP contribution is 2.41. The number of aromatic nitrogens is 2. The summed E-state index contributed by atoms with van der Waals surface area (Å²) in [4.78, 5) is 8.89. The Bertz CT molecular complexity index is 402. The van der Waals surface area contributed by atoms with Crippen LogP contribution in [0.25, 0.3) is 0 Å². The lowest BCUT2D eigenvalue weighted by Gasteiger charge is -2.36. The third kappa shape index (κ3) is 3.57. The molecular formula is C17H27N3. The van der Waals surface area contributed by atoms with Gasteiger partial charge in [-0.05, 0) is 44.1 Å². The molecule has 2 aliphatic carbocycles. The van der Waals surface area contributed by atoms with Gasteiger partial charge in [-0.15, -0.1) is 0 Å². The fourth-order valence-electron chi connectivity index (χ4n) is 3.70. The van der Waals surface area contributed by atoms with E-state index in [2.05, 4.69) is 22.2 Å². The maximum atomic E-state index is 4.60. The Morgan fingerprint density at radius 2 is 2.10 bits per heavy atom. The monoisotopic (exact) mass is 273 g/mol. The Morgan fingerprint density at radius 1 is 1.20 bits per heavy atom. The molecule has 110 valence electrons. The average Bonchev–Trinajstić information content (AvgIpc) is 3.31. The lowest BCUT2D eigenvalue weighted by molar-refractivity contribution is 0.216. The zero-order chi connectivity index (χ0) is 13.8. The summed E-state index contributed by atoms with van der Waals surface area (Å²) in [7, 11) is 0. The van der Waals surface area contributed by atoms with Crippen molar-refractivity contribution in [3.63, 3.8) is 0 Å². The molecule has 0 bridgehead atoms. The molecule has 20 heavy (non-hydrogen) atoms. The molecule has 2 fully saturated rings. The van der Waals surface area contributed by atoms with E-state index in [-0.39, 0.29) is 0 Å². The molecule has 1 heterocycles. The summed E-state index contributed by atoms with van der Waals surface area (Å²) in [6, 6.07) is 0.811. The van der Waals surface area contributed by atoms with Crippen LogP contribution in [0.4, 0.5) is 0 Å². The number of hydrogen-bond donors (Lipinski definition) is 1.